The van der Waals surface area contributed by atoms with Gasteiger partial charge in [0, 0.05) is 0 Å². The first-order valence-electron chi connectivity index (χ1n) is 12.5. The average Bonchev–Trinajstić information content (AvgIpc) is 3.33. The minimum absolute atomic E-state index is 0.167. The fourth-order valence-corrected chi connectivity index (χ4v) is 3.95. The minimum atomic E-state index is 0.167. The van der Waals surface area contributed by atoms with Crippen LogP contribution >= 0.6 is 0 Å². The molecule has 4 rings (SSSR count). The van der Waals surface area contributed by atoms with Gasteiger partial charge in [-0.15, -0.1) is 17.5 Å². The van der Waals surface area contributed by atoms with E-state index in [1.165, 1.54) is 42.2 Å². The maximum absolute atomic E-state index is 3.67. The van der Waals surface area contributed by atoms with Crippen molar-refractivity contribution in [2.45, 2.75) is 99.8 Å². The van der Waals surface area contributed by atoms with Gasteiger partial charge in [-0.05, 0) is 28.4 Å². The molecule has 0 heterocycles. The maximum atomic E-state index is 3.67. The van der Waals surface area contributed by atoms with Gasteiger partial charge in [0.25, 0.3) is 0 Å². The molecule has 0 atom stereocenters. The summed E-state index contributed by atoms with van der Waals surface area (Å²) >= 11 is 1.55. The summed E-state index contributed by atoms with van der Waals surface area (Å²) < 4.78 is 1.51. The van der Waals surface area contributed by atoms with Gasteiger partial charge in [-0.2, -0.15) is 35.4 Å². The Hall–Kier alpha value is -1.33. The van der Waals surface area contributed by atoms with Crippen molar-refractivity contribution in [3.8, 4) is 11.1 Å². The SMILES string of the molecule is CC(C)(C)C1=CC[C-]=C1.CC(C)(C)c1[c-]c2c(cc1)-c1ccc(C(C)(C)C)cc1C2.C[C](C)=[Zr+2]. The number of hydrogen-bond donors (Lipinski definition) is 0. The monoisotopic (exact) mass is 530 g/mol. The van der Waals surface area contributed by atoms with Crippen LogP contribution in [0.3, 0.4) is 0 Å². The second-order valence-electron chi connectivity index (χ2n) is 12.8. The Balaban J connectivity index is 0.000000260. The zero-order chi connectivity index (χ0) is 25.9. The Bertz CT molecular complexity index is 1010. The molecule has 1 heteroatoms. The molecule has 0 aromatic heterocycles. The molecule has 2 aliphatic rings. The predicted molar refractivity (Wildman–Crippen MR) is 147 cm³/mol. The molecule has 0 spiro atoms. The molecule has 2 aromatic rings. The van der Waals surface area contributed by atoms with Crippen LogP contribution in [0.15, 0.2) is 48.1 Å². The zero-order valence-corrected chi connectivity index (χ0v) is 25.9. The first kappa shape index (κ1) is 28.9. The van der Waals surface area contributed by atoms with Crippen LogP contribution < -0.4 is 0 Å². The summed E-state index contributed by atoms with van der Waals surface area (Å²) in [5.41, 5.74) is 10.4. The molecule has 180 valence electrons. The van der Waals surface area contributed by atoms with E-state index in [2.05, 4.69) is 131 Å². The normalized spacial score (nSPS) is 14.3. The van der Waals surface area contributed by atoms with E-state index in [0.29, 0.717) is 5.41 Å². The fourth-order valence-electron chi connectivity index (χ4n) is 3.95. The number of rotatable bonds is 0. The molecule has 0 saturated heterocycles. The Morgan fingerprint density at radius 2 is 1.38 bits per heavy atom. The van der Waals surface area contributed by atoms with Crippen molar-refractivity contribution < 1.29 is 24.2 Å². The molecule has 34 heavy (non-hydrogen) atoms. The van der Waals surface area contributed by atoms with Crippen LogP contribution in [0.4, 0.5) is 0 Å². The van der Waals surface area contributed by atoms with Crippen LogP contribution in [0.1, 0.15) is 105 Å². The molecule has 2 aromatic carbocycles. The van der Waals surface area contributed by atoms with Crippen molar-refractivity contribution >= 4 is 3.21 Å². The Morgan fingerprint density at radius 1 is 0.794 bits per heavy atom. The standard InChI is InChI=1S/C21H25.C9H13.C3H6.Zr/c1-20(2,3)16-7-9-18-14(12-16)11-15-13-17(21(4,5)6)8-10-19(15)18;1-9(2,3)8-6-4-5-7-8;1-3-2;/h7-10,12H,11H2,1-6H3;6-7H,4H2,1-3H3;1-2H3;/q2*-1;;+2. The van der Waals surface area contributed by atoms with Gasteiger partial charge < -0.3 is 0 Å². The van der Waals surface area contributed by atoms with Crippen LogP contribution in [0, 0.1) is 17.6 Å². The van der Waals surface area contributed by atoms with E-state index in [1.54, 1.807) is 24.2 Å². The van der Waals surface area contributed by atoms with Gasteiger partial charge in [-0.1, -0.05) is 91.5 Å². The van der Waals surface area contributed by atoms with Gasteiger partial charge in [-0.3, -0.25) is 6.08 Å². The molecular formula is C33H44Zr. The van der Waals surface area contributed by atoms with E-state index in [-0.39, 0.29) is 10.8 Å². The molecule has 2 aliphatic carbocycles. The number of benzene rings is 2. The van der Waals surface area contributed by atoms with Gasteiger partial charge >= 0.3 is 41.3 Å². The molecule has 0 bridgehead atoms. The molecule has 0 unspecified atom stereocenters. The molecule has 0 aliphatic heterocycles. The van der Waals surface area contributed by atoms with Crippen LogP contribution in [0.5, 0.6) is 0 Å². The average molecular weight is 532 g/mol. The van der Waals surface area contributed by atoms with Crippen LogP contribution in [0.2, 0.25) is 0 Å². The van der Waals surface area contributed by atoms with Crippen molar-refractivity contribution in [2.75, 3.05) is 0 Å². The van der Waals surface area contributed by atoms with Gasteiger partial charge in [0.1, 0.15) is 0 Å². The zero-order valence-electron chi connectivity index (χ0n) is 23.5. The molecule has 0 nitrogen and oxygen atoms in total. The Morgan fingerprint density at radius 3 is 1.82 bits per heavy atom. The molecule has 0 fully saturated rings. The van der Waals surface area contributed by atoms with Crippen molar-refractivity contribution in [1.82, 2.24) is 0 Å². The van der Waals surface area contributed by atoms with Crippen molar-refractivity contribution in [2.24, 2.45) is 5.41 Å². The molecular weight excluding hydrogens is 488 g/mol. The summed E-state index contributed by atoms with van der Waals surface area (Å²) in [7, 11) is 0. The predicted octanol–water partition coefficient (Wildman–Crippen LogP) is 9.12. The third-order valence-corrected chi connectivity index (χ3v) is 6.03. The topological polar surface area (TPSA) is 0 Å². The summed E-state index contributed by atoms with van der Waals surface area (Å²) in [6, 6.07) is 15.2. The van der Waals surface area contributed by atoms with Crippen molar-refractivity contribution in [1.29, 1.82) is 0 Å². The van der Waals surface area contributed by atoms with Crippen LogP contribution in [0.25, 0.3) is 11.1 Å². The third kappa shape index (κ3) is 8.12. The summed E-state index contributed by atoms with van der Waals surface area (Å²) in [5, 5.41) is 0. The van der Waals surface area contributed by atoms with Crippen LogP contribution in [-0.4, -0.2) is 3.21 Å². The summed E-state index contributed by atoms with van der Waals surface area (Å²) in [4.78, 5) is 0. The molecule has 0 amide bonds. The van der Waals surface area contributed by atoms with Crippen molar-refractivity contribution in [3.05, 3.63) is 82.5 Å². The van der Waals surface area contributed by atoms with Gasteiger partial charge in [0.05, 0.1) is 0 Å². The van der Waals surface area contributed by atoms with E-state index >= 15 is 0 Å². The van der Waals surface area contributed by atoms with E-state index in [0.717, 1.165) is 12.8 Å². The second-order valence-corrected chi connectivity index (χ2v) is 15.2. The second kappa shape index (κ2) is 11.2. The first-order valence-corrected chi connectivity index (χ1v) is 13.7. The van der Waals surface area contributed by atoms with E-state index in [9.17, 15) is 0 Å². The van der Waals surface area contributed by atoms with Crippen molar-refractivity contribution in [3.63, 3.8) is 0 Å². The van der Waals surface area contributed by atoms with E-state index < -0.39 is 0 Å². The first-order chi connectivity index (χ1) is 15.5. The number of hydrogen-bond acceptors (Lipinski definition) is 0. The van der Waals surface area contributed by atoms with E-state index in [1.807, 2.05) is 0 Å². The molecule has 0 N–H and O–H groups in total. The van der Waals surface area contributed by atoms with E-state index in [4.69, 9.17) is 0 Å². The molecule has 0 saturated carbocycles. The summed E-state index contributed by atoms with van der Waals surface area (Å²) in [6.45, 7) is 24.5. The Labute approximate surface area is 225 Å². The number of allylic oxidation sites excluding steroid dienone is 4. The van der Waals surface area contributed by atoms with Gasteiger partial charge in [0.15, 0.2) is 0 Å². The summed E-state index contributed by atoms with van der Waals surface area (Å²) in [6.07, 6.45) is 9.53. The molecule has 0 radical (unpaired) electrons. The third-order valence-electron chi connectivity index (χ3n) is 6.03. The quantitative estimate of drug-likeness (QED) is 0.254. The van der Waals surface area contributed by atoms with Crippen LogP contribution in [-0.2, 0) is 41.5 Å². The number of fused-ring (bicyclic) bond motifs is 3. The fraction of sp³-hybridized carbons (Fsp3) is 0.485. The van der Waals surface area contributed by atoms with Gasteiger partial charge in [-0.25, -0.2) is 6.08 Å². The summed E-state index contributed by atoms with van der Waals surface area (Å²) in [5.74, 6) is 0. The van der Waals surface area contributed by atoms with Gasteiger partial charge in [0.2, 0.25) is 0 Å². The Kier molecular flexibility index (Phi) is 9.49.